The summed E-state index contributed by atoms with van der Waals surface area (Å²) in [7, 11) is 0. The number of hydrogen-bond donors (Lipinski definition) is 1. The van der Waals surface area contributed by atoms with Crippen molar-refractivity contribution in [2.75, 3.05) is 4.90 Å². The fourth-order valence-corrected chi connectivity index (χ4v) is 2.17. The number of ether oxygens (including phenoxy) is 1. The summed E-state index contributed by atoms with van der Waals surface area (Å²) in [6.07, 6.45) is 0. The Morgan fingerprint density at radius 3 is 2.61 bits per heavy atom. The fraction of sp³-hybridized carbons (Fsp3) is 0.500. The van der Waals surface area contributed by atoms with Gasteiger partial charge in [0, 0.05) is 6.04 Å². The molecule has 98 valence electrons. The number of aliphatic hydroxyl groups is 1. The Balaban J connectivity index is 2.57. The van der Waals surface area contributed by atoms with Gasteiger partial charge in [-0.15, -0.1) is 0 Å². The molecule has 1 N–H and O–H groups in total. The molecule has 0 saturated carbocycles. The van der Waals surface area contributed by atoms with E-state index in [9.17, 15) is 9.90 Å². The average Bonchev–Trinajstić information content (AvgIpc) is 2.29. The van der Waals surface area contributed by atoms with Crippen molar-refractivity contribution < 1.29 is 14.6 Å². The maximum atomic E-state index is 12.4. The Morgan fingerprint density at radius 2 is 2.06 bits per heavy atom. The van der Waals surface area contributed by atoms with Crippen LogP contribution in [0, 0.1) is 0 Å². The Bertz CT molecular complexity index is 480. The Labute approximate surface area is 107 Å². The van der Waals surface area contributed by atoms with Crippen molar-refractivity contribution in [2.24, 2.45) is 0 Å². The second kappa shape index (κ2) is 4.28. The minimum absolute atomic E-state index is 0.0448. The molecule has 4 heteroatoms. The van der Waals surface area contributed by atoms with E-state index in [1.165, 1.54) is 0 Å². The highest BCUT2D eigenvalue weighted by Crippen LogP contribution is 2.39. The van der Waals surface area contributed by atoms with Gasteiger partial charge in [0.15, 0.2) is 5.60 Å². The van der Waals surface area contributed by atoms with Crippen LogP contribution in [0.1, 0.15) is 33.3 Å². The van der Waals surface area contributed by atoms with Crippen LogP contribution in [-0.4, -0.2) is 22.7 Å². The third-order valence-electron chi connectivity index (χ3n) is 3.08. The van der Waals surface area contributed by atoms with Crippen molar-refractivity contribution in [1.29, 1.82) is 0 Å². The summed E-state index contributed by atoms with van der Waals surface area (Å²) in [4.78, 5) is 14.1. The van der Waals surface area contributed by atoms with E-state index in [-0.39, 0.29) is 18.6 Å². The zero-order chi connectivity index (χ0) is 13.5. The van der Waals surface area contributed by atoms with Crippen molar-refractivity contribution in [3.63, 3.8) is 0 Å². The van der Waals surface area contributed by atoms with Gasteiger partial charge < -0.3 is 14.7 Å². The predicted molar refractivity (Wildman–Crippen MR) is 69.7 cm³/mol. The monoisotopic (exact) mass is 249 g/mol. The molecule has 4 nitrogen and oxygen atoms in total. The maximum absolute atomic E-state index is 12.4. The smallest absolute Gasteiger partial charge is 0.270 e. The molecule has 0 aliphatic carbocycles. The summed E-state index contributed by atoms with van der Waals surface area (Å²) < 4.78 is 5.74. The topological polar surface area (TPSA) is 49.8 Å². The number of nitrogens with zero attached hydrogens (tertiary/aromatic N) is 1. The largest absolute Gasteiger partial charge is 0.476 e. The summed E-state index contributed by atoms with van der Waals surface area (Å²) in [5, 5.41) is 9.19. The lowest BCUT2D eigenvalue weighted by Gasteiger charge is -2.41. The van der Waals surface area contributed by atoms with Crippen LogP contribution in [0.5, 0.6) is 5.75 Å². The van der Waals surface area contributed by atoms with E-state index in [4.69, 9.17) is 4.74 Å². The molecule has 1 amide bonds. The zero-order valence-electron chi connectivity index (χ0n) is 11.2. The molecule has 0 saturated heterocycles. The second-order valence-electron chi connectivity index (χ2n) is 5.34. The first-order chi connectivity index (χ1) is 8.36. The van der Waals surface area contributed by atoms with Gasteiger partial charge in [0.2, 0.25) is 0 Å². The van der Waals surface area contributed by atoms with E-state index in [0.29, 0.717) is 5.75 Å². The van der Waals surface area contributed by atoms with Crippen LogP contribution in [0.15, 0.2) is 18.2 Å². The first-order valence-electron chi connectivity index (χ1n) is 6.13. The van der Waals surface area contributed by atoms with Crippen molar-refractivity contribution in [1.82, 2.24) is 0 Å². The molecular weight excluding hydrogens is 230 g/mol. The lowest BCUT2D eigenvalue weighted by molar-refractivity contribution is -0.133. The molecule has 1 aromatic rings. The highest BCUT2D eigenvalue weighted by Gasteiger charge is 2.41. The molecular formula is C14H19NO3. The number of hydrogen-bond acceptors (Lipinski definition) is 3. The van der Waals surface area contributed by atoms with Crippen molar-refractivity contribution in [2.45, 2.75) is 45.9 Å². The van der Waals surface area contributed by atoms with E-state index in [1.807, 2.05) is 32.0 Å². The molecule has 0 unspecified atom stereocenters. The Hall–Kier alpha value is -1.55. The Kier molecular flexibility index (Phi) is 3.07. The lowest BCUT2D eigenvalue weighted by atomic mass is 10.0. The highest BCUT2D eigenvalue weighted by atomic mass is 16.5. The SMILES string of the molecule is CC(C)N1C(=O)C(C)(C)Oc2ccc(CO)cc21. The number of rotatable bonds is 2. The molecule has 1 heterocycles. The molecule has 18 heavy (non-hydrogen) atoms. The quantitative estimate of drug-likeness (QED) is 0.873. The number of benzene rings is 1. The highest BCUT2D eigenvalue weighted by molar-refractivity contribution is 6.02. The lowest BCUT2D eigenvalue weighted by Crippen LogP contribution is -2.54. The van der Waals surface area contributed by atoms with Gasteiger partial charge in [0.1, 0.15) is 5.75 Å². The standard InChI is InChI=1S/C14H19NO3/c1-9(2)15-11-7-10(8-16)5-6-12(11)18-14(3,4)13(15)17/h5-7,9,16H,8H2,1-4H3. The minimum atomic E-state index is -0.849. The summed E-state index contributed by atoms with van der Waals surface area (Å²) in [6, 6.07) is 5.48. The molecule has 1 aliphatic rings. The number of amides is 1. The minimum Gasteiger partial charge on any atom is -0.476 e. The van der Waals surface area contributed by atoms with Gasteiger partial charge in [0.05, 0.1) is 12.3 Å². The predicted octanol–water partition coefficient (Wildman–Crippen LogP) is 2.09. The number of fused-ring (bicyclic) bond motifs is 1. The van der Waals surface area contributed by atoms with Gasteiger partial charge in [-0.3, -0.25) is 4.79 Å². The average molecular weight is 249 g/mol. The van der Waals surface area contributed by atoms with Crippen LogP contribution in [0.2, 0.25) is 0 Å². The first-order valence-corrected chi connectivity index (χ1v) is 6.13. The molecule has 0 bridgehead atoms. The molecule has 0 spiro atoms. The van der Waals surface area contributed by atoms with Gasteiger partial charge in [-0.1, -0.05) is 6.07 Å². The Morgan fingerprint density at radius 1 is 1.39 bits per heavy atom. The summed E-state index contributed by atoms with van der Waals surface area (Å²) in [6.45, 7) is 7.43. The van der Waals surface area contributed by atoms with Crippen molar-refractivity contribution in [3.05, 3.63) is 23.8 Å². The molecule has 1 aromatic carbocycles. The van der Waals surface area contributed by atoms with Crippen LogP contribution in [0.3, 0.4) is 0 Å². The molecule has 0 radical (unpaired) electrons. The van der Waals surface area contributed by atoms with Crippen molar-refractivity contribution in [3.8, 4) is 5.75 Å². The molecule has 0 atom stereocenters. The summed E-state index contributed by atoms with van der Waals surface area (Å²) in [5.41, 5.74) is 0.661. The van der Waals surface area contributed by atoms with Crippen LogP contribution in [0.25, 0.3) is 0 Å². The normalized spacial score (nSPS) is 17.7. The zero-order valence-corrected chi connectivity index (χ0v) is 11.2. The van der Waals surface area contributed by atoms with E-state index in [2.05, 4.69) is 0 Å². The van der Waals surface area contributed by atoms with E-state index in [0.717, 1.165) is 11.3 Å². The third-order valence-corrected chi connectivity index (χ3v) is 3.08. The van der Waals surface area contributed by atoms with Gasteiger partial charge >= 0.3 is 0 Å². The first kappa shape index (κ1) is 12.9. The van der Waals surface area contributed by atoms with Gasteiger partial charge in [-0.05, 0) is 45.4 Å². The summed E-state index contributed by atoms with van der Waals surface area (Å²) in [5.74, 6) is 0.630. The van der Waals surface area contributed by atoms with E-state index in [1.54, 1.807) is 18.7 Å². The molecule has 0 aromatic heterocycles. The van der Waals surface area contributed by atoms with Crippen LogP contribution >= 0.6 is 0 Å². The van der Waals surface area contributed by atoms with Crippen LogP contribution in [0.4, 0.5) is 5.69 Å². The second-order valence-corrected chi connectivity index (χ2v) is 5.34. The summed E-state index contributed by atoms with van der Waals surface area (Å²) >= 11 is 0. The molecule has 0 fully saturated rings. The van der Waals surface area contributed by atoms with Crippen molar-refractivity contribution >= 4 is 11.6 Å². The van der Waals surface area contributed by atoms with Crippen LogP contribution < -0.4 is 9.64 Å². The molecule has 2 rings (SSSR count). The van der Waals surface area contributed by atoms with E-state index < -0.39 is 5.60 Å². The van der Waals surface area contributed by atoms with Gasteiger partial charge in [-0.25, -0.2) is 0 Å². The third kappa shape index (κ3) is 1.97. The molecule has 1 aliphatic heterocycles. The number of carbonyl (C=O) groups is 1. The fourth-order valence-electron chi connectivity index (χ4n) is 2.17. The van der Waals surface area contributed by atoms with E-state index >= 15 is 0 Å². The number of anilines is 1. The number of carbonyl (C=O) groups excluding carboxylic acids is 1. The van der Waals surface area contributed by atoms with Gasteiger partial charge in [-0.2, -0.15) is 0 Å². The number of aliphatic hydroxyl groups excluding tert-OH is 1. The van der Waals surface area contributed by atoms with Gasteiger partial charge in [0.25, 0.3) is 5.91 Å². The van der Waals surface area contributed by atoms with Crippen LogP contribution in [-0.2, 0) is 11.4 Å². The maximum Gasteiger partial charge on any atom is 0.270 e.